The van der Waals surface area contributed by atoms with E-state index >= 15 is 0 Å². The van der Waals surface area contributed by atoms with Crippen molar-refractivity contribution in [1.29, 1.82) is 0 Å². The van der Waals surface area contributed by atoms with Gasteiger partial charge in [0.25, 0.3) is 5.91 Å². The first-order chi connectivity index (χ1) is 17.0. The highest BCUT2D eigenvalue weighted by Crippen LogP contribution is 2.31. The summed E-state index contributed by atoms with van der Waals surface area (Å²) in [7, 11) is 0. The molecule has 0 fully saturated rings. The van der Waals surface area contributed by atoms with Gasteiger partial charge in [-0.25, -0.2) is 0 Å². The van der Waals surface area contributed by atoms with Gasteiger partial charge in [-0.2, -0.15) is 0 Å². The normalized spacial score (nSPS) is 16.8. The molecule has 3 aromatic carbocycles. The Kier molecular flexibility index (Phi) is 8.73. The Hall–Kier alpha value is -2.95. The number of aliphatic hydroxyl groups is 1. The molecular weight excluding hydrogens is 432 g/mol. The Bertz CT molecular complexity index is 1090. The van der Waals surface area contributed by atoms with Gasteiger partial charge in [0.1, 0.15) is 6.23 Å². The molecule has 0 aliphatic heterocycles. The molecule has 35 heavy (non-hydrogen) atoms. The highest BCUT2D eigenvalue weighted by molar-refractivity contribution is 5.94. The van der Waals surface area contributed by atoms with E-state index in [1.807, 2.05) is 54.6 Å². The smallest absolute Gasteiger partial charge is 0.253 e. The summed E-state index contributed by atoms with van der Waals surface area (Å²) in [5.74, 6) is 0.0919. The van der Waals surface area contributed by atoms with Crippen molar-refractivity contribution in [3.05, 3.63) is 95.1 Å². The van der Waals surface area contributed by atoms with Crippen molar-refractivity contribution in [2.45, 2.75) is 70.6 Å². The van der Waals surface area contributed by atoms with Crippen LogP contribution in [-0.2, 0) is 12.8 Å². The maximum atomic E-state index is 12.6. The number of aliphatic hydroxyl groups excluding tert-OH is 1. The third kappa shape index (κ3) is 6.59. The summed E-state index contributed by atoms with van der Waals surface area (Å²) in [5, 5.41) is 17.0. The summed E-state index contributed by atoms with van der Waals surface area (Å²) in [6.45, 7) is 5.52. The van der Waals surface area contributed by atoms with Crippen LogP contribution in [0.1, 0.15) is 72.5 Å². The van der Waals surface area contributed by atoms with Crippen molar-refractivity contribution in [2.75, 3.05) is 6.54 Å². The Morgan fingerprint density at radius 1 is 0.971 bits per heavy atom. The first-order valence-corrected chi connectivity index (χ1v) is 13.0. The number of benzene rings is 3. The molecule has 0 saturated carbocycles. The van der Waals surface area contributed by atoms with E-state index in [1.54, 1.807) is 0 Å². The van der Waals surface area contributed by atoms with Crippen LogP contribution in [-0.4, -0.2) is 29.8 Å². The molecule has 0 bridgehead atoms. The molecule has 184 valence electrons. The zero-order valence-electron chi connectivity index (χ0n) is 21.0. The monoisotopic (exact) mass is 470 g/mol. The van der Waals surface area contributed by atoms with E-state index < -0.39 is 6.23 Å². The number of fused-ring (bicyclic) bond motifs is 1. The van der Waals surface area contributed by atoms with Crippen molar-refractivity contribution in [1.82, 2.24) is 10.6 Å². The summed E-state index contributed by atoms with van der Waals surface area (Å²) in [4.78, 5) is 12.6. The molecule has 4 rings (SSSR count). The minimum Gasteiger partial charge on any atom is -0.374 e. The maximum Gasteiger partial charge on any atom is 0.253 e. The van der Waals surface area contributed by atoms with Crippen molar-refractivity contribution in [3.8, 4) is 11.1 Å². The SMILES string of the molecule is CCCN[C@H]1CCc2c(cccc2C(C)CCC(O)NC(=O)c2ccc(-c3ccccc3)cc2)C1. The van der Waals surface area contributed by atoms with Crippen molar-refractivity contribution in [3.63, 3.8) is 0 Å². The molecule has 0 heterocycles. The van der Waals surface area contributed by atoms with Gasteiger partial charge in [-0.15, -0.1) is 0 Å². The van der Waals surface area contributed by atoms with Gasteiger partial charge in [-0.3, -0.25) is 4.79 Å². The summed E-state index contributed by atoms with van der Waals surface area (Å²) < 4.78 is 0. The van der Waals surface area contributed by atoms with Gasteiger partial charge >= 0.3 is 0 Å². The molecular formula is C31H38N2O2. The quantitative estimate of drug-likeness (QED) is 0.326. The molecule has 4 nitrogen and oxygen atoms in total. The lowest BCUT2D eigenvalue weighted by Crippen LogP contribution is -2.35. The lowest BCUT2D eigenvalue weighted by atomic mass is 9.81. The average molecular weight is 471 g/mol. The molecule has 4 heteroatoms. The van der Waals surface area contributed by atoms with Gasteiger partial charge in [0.2, 0.25) is 0 Å². The van der Waals surface area contributed by atoms with E-state index in [1.165, 1.54) is 23.1 Å². The van der Waals surface area contributed by atoms with Gasteiger partial charge < -0.3 is 15.7 Å². The molecule has 3 N–H and O–H groups in total. The van der Waals surface area contributed by atoms with Gasteiger partial charge in [-0.1, -0.05) is 74.5 Å². The molecule has 3 aromatic rings. The number of nitrogens with one attached hydrogen (secondary N) is 2. The summed E-state index contributed by atoms with van der Waals surface area (Å²) >= 11 is 0. The van der Waals surface area contributed by atoms with Crippen molar-refractivity contribution >= 4 is 5.91 Å². The van der Waals surface area contributed by atoms with Crippen LogP contribution in [0, 0.1) is 0 Å². The second-order valence-corrected chi connectivity index (χ2v) is 9.79. The average Bonchev–Trinajstić information content (AvgIpc) is 2.90. The largest absolute Gasteiger partial charge is 0.374 e. The molecule has 1 aliphatic rings. The molecule has 0 spiro atoms. The van der Waals surface area contributed by atoms with Crippen LogP contribution in [0.5, 0.6) is 0 Å². The minimum atomic E-state index is -0.860. The van der Waals surface area contributed by atoms with E-state index in [4.69, 9.17) is 0 Å². The number of rotatable bonds is 10. The van der Waals surface area contributed by atoms with Crippen molar-refractivity contribution < 1.29 is 9.90 Å². The van der Waals surface area contributed by atoms with Crippen LogP contribution < -0.4 is 10.6 Å². The first-order valence-electron chi connectivity index (χ1n) is 13.0. The topological polar surface area (TPSA) is 61.4 Å². The van der Waals surface area contributed by atoms with E-state index in [0.29, 0.717) is 23.9 Å². The van der Waals surface area contributed by atoms with E-state index in [-0.39, 0.29) is 5.91 Å². The van der Waals surface area contributed by atoms with Crippen LogP contribution >= 0.6 is 0 Å². The van der Waals surface area contributed by atoms with E-state index in [0.717, 1.165) is 43.4 Å². The van der Waals surface area contributed by atoms with Crippen LogP contribution in [0.3, 0.4) is 0 Å². The predicted molar refractivity (Wildman–Crippen MR) is 144 cm³/mol. The molecule has 1 amide bonds. The Morgan fingerprint density at radius 3 is 2.46 bits per heavy atom. The summed E-state index contributed by atoms with van der Waals surface area (Å²) in [5.41, 5.74) is 7.08. The predicted octanol–water partition coefficient (Wildman–Crippen LogP) is 5.84. The lowest BCUT2D eigenvalue weighted by molar-refractivity contribution is 0.0755. The Morgan fingerprint density at radius 2 is 1.71 bits per heavy atom. The van der Waals surface area contributed by atoms with Crippen LogP contribution in [0.4, 0.5) is 0 Å². The standard InChI is InChI=1S/C31H38N2O2/c1-3-20-32-27-17-18-29-26(21-27)10-7-11-28(29)22(2)12-19-30(34)33-31(35)25-15-13-24(14-16-25)23-8-5-4-6-9-23/h4-11,13-16,22,27,30,32,34H,3,12,17-21H2,1-2H3,(H,33,35)/t22?,27-,30?/m0/s1. The third-order valence-corrected chi connectivity index (χ3v) is 7.16. The van der Waals surface area contributed by atoms with Gasteiger partial charge in [0, 0.05) is 11.6 Å². The number of hydrogen-bond donors (Lipinski definition) is 3. The van der Waals surface area contributed by atoms with Gasteiger partial charge in [0.05, 0.1) is 0 Å². The summed E-state index contributed by atoms with van der Waals surface area (Å²) in [6, 6.07) is 24.8. The minimum absolute atomic E-state index is 0.243. The zero-order chi connectivity index (χ0) is 24.6. The van der Waals surface area contributed by atoms with Gasteiger partial charge in [0.15, 0.2) is 0 Å². The van der Waals surface area contributed by atoms with Crippen LogP contribution in [0.15, 0.2) is 72.8 Å². The fourth-order valence-electron chi connectivity index (χ4n) is 5.14. The molecule has 0 radical (unpaired) electrons. The highest BCUT2D eigenvalue weighted by Gasteiger charge is 2.22. The second kappa shape index (κ2) is 12.1. The van der Waals surface area contributed by atoms with Crippen LogP contribution in [0.25, 0.3) is 11.1 Å². The Balaban J connectivity index is 1.30. The number of amides is 1. The molecule has 2 unspecified atom stereocenters. The van der Waals surface area contributed by atoms with Crippen molar-refractivity contribution in [2.24, 2.45) is 0 Å². The summed E-state index contributed by atoms with van der Waals surface area (Å²) in [6.07, 6.45) is 5.03. The zero-order valence-corrected chi connectivity index (χ0v) is 21.0. The highest BCUT2D eigenvalue weighted by atomic mass is 16.3. The fourth-order valence-corrected chi connectivity index (χ4v) is 5.14. The van der Waals surface area contributed by atoms with Crippen LogP contribution in [0.2, 0.25) is 0 Å². The Labute approximate surface area is 209 Å². The number of carbonyl (C=O) groups is 1. The molecule has 3 atom stereocenters. The second-order valence-electron chi connectivity index (χ2n) is 9.79. The number of hydrogen-bond acceptors (Lipinski definition) is 3. The molecule has 1 aliphatic carbocycles. The van der Waals surface area contributed by atoms with E-state index in [2.05, 4.69) is 42.7 Å². The number of carbonyl (C=O) groups excluding carboxylic acids is 1. The fraction of sp³-hybridized carbons (Fsp3) is 0.387. The first kappa shape index (κ1) is 25.2. The van der Waals surface area contributed by atoms with E-state index in [9.17, 15) is 9.90 Å². The third-order valence-electron chi connectivity index (χ3n) is 7.16. The molecule has 0 saturated heterocycles. The molecule has 0 aromatic heterocycles. The lowest BCUT2D eigenvalue weighted by Gasteiger charge is -2.29. The van der Waals surface area contributed by atoms with Gasteiger partial charge in [-0.05, 0) is 90.9 Å². The maximum absolute atomic E-state index is 12.6.